The Kier molecular flexibility index (Phi) is 15.2. The third-order valence-electron chi connectivity index (χ3n) is 7.62. The van der Waals surface area contributed by atoms with Gasteiger partial charge in [-0.1, -0.05) is 87.3 Å². The van der Waals surface area contributed by atoms with Crippen LogP contribution in [0.4, 0.5) is 0 Å². The van der Waals surface area contributed by atoms with Crippen LogP contribution in [0, 0.1) is 37.2 Å². The molecule has 0 amide bonds. The summed E-state index contributed by atoms with van der Waals surface area (Å²) < 4.78 is 1.26. The van der Waals surface area contributed by atoms with E-state index in [4.69, 9.17) is 23.2 Å². The van der Waals surface area contributed by atoms with E-state index in [1.807, 2.05) is 36.4 Å². The molecule has 0 fully saturated rings. The first-order chi connectivity index (χ1) is 20.3. The molecule has 0 spiro atoms. The maximum atomic E-state index is 5.98. The molecule has 1 atom stereocenters. The summed E-state index contributed by atoms with van der Waals surface area (Å²) in [4.78, 5) is 0. The summed E-state index contributed by atoms with van der Waals surface area (Å²) in [5.74, 6) is 1.22. The fourth-order valence-corrected chi connectivity index (χ4v) is 6.19. The molecular weight excluding hydrogens is 713 g/mol. The van der Waals surface area contributed by atoms with Crippen LogP contribution in [0.1, 0.15) is 56.9 Å². The Morgan fingerprint density at radius 2 is 1.22 bits per heavy atom. The molecular formula is C40H40Cl4Zr-2. The standard InChI is InChI=1S/C15H13.C13H8Cl2.C12H19.2ClH.Zr/c1-10-3-5-14-12(7-10)9-13-8-11(2)4-6-15(13)14;14-12-5-1-3-10(8-12)7-11-4-2-6-13(15)9-11;1-9(2)10-6-7-11(8-10)12(3,4)5;;;/h3-9H,1-2H3;1-6,8-9H;7-10H,1-5H3;2*1H;/q-1;;-1;;;+2/p-2. The summed E-state index contributed by atoms with van der Waals surface area (Å²) >= 11 is 13.3. The van der Waals surface area contributed by atoms with Gasteiger partial charge in [0.1, 0.15) is 0 Å². The van der Waals surface area contributed by atoms with Crippen LogP contribution < -0.4 is 24.8 Å². The van der Waals surface area contributed by atoms with E-state index in [0.717, 1.165) is 21.2 Å². The number of hydrogen-bond acceptors (Lipinski definition) is 0. The van der Waals surface area contributed by atoms with Crippen molar-refractivity contribution in [1.29, 1.82) is 0 Å². The zero-order chi connectivity index (χ0) is 31.3. The second-order valence-electron chi connectivity index (χ2n) is 12.7. The van der Waals surface area contributed by atoms with Gasteiger partial charge >= 0.3 is 120 Å². The smallest absolute Gasteiger partial charge is 1.00 e. The minimum absolute atomic E-state index is 0. The Hall–Kier alpha value is -1.86. The molecule has 5 heteroatoms. The van der Waals surface area contributed by atoms with Crippen LogP contribution in [0.15, 0.2) is 109 Å². The second kappa shape index (κ2) is 17.3. The zero-order valence-corrected chi connectivity index (χ0v) is 32.5. The molecule has 0 aliphatic heterocycles. The van der Waals surface area contributed by atoms with E-state index < -0.39 is 0 Å². The molecule has 0 bridgehead atoms. The first-order valence-corrected chi connectivity index (χ1v) is 16.8. The third kappa shape index (κ3) is 10.8. The molecule has 0 N–H and O–H groups in total. The first-order valence-electron chi connectivity index (χ1n) is 14.8. The van der Waals surface area contributed by atoms with Gasteiger partial charge in [-0.25, -0.2) is 6.08 Å². The van der Waals surface area contributed by atoms with Crippen molar-refractivity contribution < 1.29 is 49.0 Å². The number of benzene rings is 4. The van der Waals surface area contributed by atoms with Crippen LogP contribution in [0.5, 0.6) is 0 Å². The molecule has 0 aromatic heterocycles. The Bertz CT molecular complexity index is 1700. The van der Waals surface area contributed by atoms with E-state index in [0.29, 0.717) is 11.8 Å². The molecule has 1 aliphatic carbocycles. The third-order valence-corrected chi connectivity index (χ3v) is 9.51. The molecule has 5 aromatic rings. The van der Waals surface area contributed by atoms with Gasteiger partial charge in [-0.15, -0.1) is 39.7 Å². The predicted octanol–water partition coefficient (Wildman–Crippen LogP) is 6.05. The second-order valence-corrected chi connectivity index (χ2v) is 14.8. The molecule has 6 rings (SSSR count). The van der Waals surface area contributed by atoms with Crippen LogP contribution in [0.2, 0.25) is 10.0 Å². The van der Waals surface area contributed by atoms with Crippen molar-refractivity contribution in [2.24, 2.45) is 17.3 Å². The fourth-order valence-electron chi connectivity index (χ4n) is 5.04. The zero-order valence-electron chi connectivity index (χ0n) is 27.0. The van der Waals surface area contributed by atoms with Crippen molar-refractivity contribution >= 4 is 48.0 Å². The van der Waals surface area contributed by atoms with Crippen LogP contribution in [0.3, 0.4) is 0 Å². The normalized spacial score (nSPS) is 13.7. The number of rotatable bonds is 3. The van der Waals surface area contributed by atoms with Gasteiger partial charge in [0.25, 0.3) is 0 Å². The van der Waals surface area contributed by atoms with Gasteiger partial charge in [0.05, 0.1) is 0 Å². The molecule has 0 radical (unpaired) electrons. The largest absolute Gasteiger partial charge is 1.00 e. The SMILES string of the molecule is CC(C)C1[C-]=CC(C(C)(C)C)=C1.Cc1ccc2c(c1)[cH-]c1cc(C)ccc12.Clc1cccc([C](=[Zr+2])c2cccc(Cl)c2)c1.[Cl-].[Cl-]. The summed E-state index contributed by atoms with van der Waals surface area (Å²) in [6.45, 7) is 15.5. The molecule has 0 nitrogen and oxygen atoms in total. The Morgan fingerprint density at radius 3 is 1.58 bits per heavy atom. The van der Waals surface area contributed by atoms with Crippen molar-refractivity contribution in [2.75, 3.05) is 0 Å². The van der Waals surface area contributed by atoms with Crippen molar-refractivity contribution in [3.63, 3.8) is 0 Å². The number of aryl methyl sites for hydroxylation is 2. The van der Waals surface area contributed by atoms with Crippen molar-refractivity contribution in [3.05, 3.63) is 147 Å². The van der Waals surface area contributed by atoms with Crippen molar-refractivity contribution in [3.8, 4) is 0 Å². The summed E-state index contributed by atoms with van der Waals surface area (Å²) in [6.07, 6.45) is 7.90. The van der Waals surface area contributed by atoms with Crippen LogP contribution in [0.25, 0.3) is 21.5 Å². The quantitative estimate of drug-likeness (QED) is 0.197. The van der Waals surface area contributed by atoms with Crippen LogP contribution in [-0.4, -0.2) is 3.21 Å². The average molecular weight is 754 g/mol. The Balaban J connectivity index is 0.000000233. The number of fused-ring (bicyclic) bond motifs is 3. The van der Waals surface area contributed by atoms with E-state index in [1.165, 1.54) is 65.7 Å². The van der Waals surface area contributed by atoms with E-state index in [9.17, 15) is 0 Å². The minimum Gasteiger partial charge on any atom is -1.00 e. The van der Waals surface area contributed by atoms with Gasteiger partial charge in [-0.05, 0) is 13.8 Å². The van der Waals surface area contributed by atoms with Gasteiger partial charge in [-0.2, -0.15) is 11.6 Å². The van der Waals surface area contributed by atoms with Gasteiger partial charge in [0.15, 0.2) is 0 Å². The molecule has 45 heavy (non-hydrogen) atoms. The average Bonchev–Trinajstić information content (AvgIpc) is 3.58. The Labute approximate surface area is 307 Å². The first kappa shape index (κ1) is 39.3. The number of allylic oxidation sites excluding steroid dienone is 4. The van der Waals surface area contributed by atoms with E-state index in [1.54, 1.807) is 0 Å². The van der Waals surface area contributed by atoms with Crippen molar-refractivity contribution in [2.45, 2.75) is 48.5 Å². The molecule has 0 heterocycles. The molecule has 5 aromatic carbocycles. The monoisotopic (exact) mass is 750 g/mol. The number of hydrogen-bond donors (Lipinski definition) is 0. The van der Waals surface area contributed by atoms with Gasteiger partial charge in [0, 0.05) is 0 Å². The maximum absolute atomic E-state index is 5.98. The van der Waals surface area contributed by atoms with Crippen LogP contribution in [-0.2, 0) is 24.2 Å². The molecule has 234 valence electrons. The summed E-state index contributed by atoms with van der Waals surface area (Å²) in [7, 11) is 0. The van der Waals surface area contributed by atoms with Gasteiger partial charge in [-0.3, -0.25) is 6.08 Å². The van der Waals surface area contributed by atoms with Gasteiger partial charge in [0.2, 0.25) is 0 Å². The summed E-state index contributed by atoms with van der Waals surface area (Å²) in [5, 5.41) is 6.98. The van der Waals surface area contributed by atoms with E-state index in [-0.39, 0.29) is 30.2 Å². The number of halogens is 4. The minimum atomic E-state index is 0. The summed E-state index contributed by atoms with van der Waals surface area (Å²) in [5.41, 5.74) is 6.70. The molecule has 1 aliphatic rings. The van der Waals surface area contributed by atoms with Crippen LogP contribution >= 0.6 is 23.2 Å². The molecule has 1 unspecified atom stereocenters. The van der Waals surface area contributed by atoms with E-state index >= 15 is 0 Å². The topological polar surface area (TPSA) is 0 Å². The van der Waals surface area contributed by atoms with E-state index in [2.05, 4.69) is 121 Å². The molecule has 0 saturated carbocycles. The Morgan fingerprint density at radius 1 is 0.756 bits per heavy atom. The van der Waals surface area contributed by atoms with Gasteiger partial charge < -0.3 is 24.8 Å². The predicted molar refractivity (Wildman–Crippen MR) is 186 cm³/mol. The maximum Gasteiger partial charge on any atom is -1.00 e. The van der Waals surface area contributed by atoms with Crippen molar-refractivity contribution in [1.82, 2.24) is 0 Å². The molecule has 0 saturated heterocycles. The fraction of sp³-hybridized carbons (Fsp3) is 0.250. The summed E-state index contributed by atoms with van der Waals surface area (Å²) in [6, 6.07) is 31.4.